The Labute approximate surface area is 108 Å². The number of aliphatic hydroxyl groups excluding tert-OH is 3. The molecule has 1 aromatic rings. The predicted molar refractivity (Wildman–Crippen MR) is 63.8 cm³/mol. The van der Waals surface area contributed by atoms with Crippen LogP contribution in [0, 0.1) is 5.41 Å². The van der Waals surface area contributed by atoms with Crippen molar-refractivity contribution in [1.29, 1.82) is 0 Å². The molecule has 0 bridgehead atoms. The molecule has 0 radical (unpaired) electrons. The van der Waals surface area contributed by atoms with Crippen molar-refractivity contribution in [1.82, 2.24) is 15.0 Å². The van der Waals surface area contributed by atoms with Crippen LogP contribution >= 0.6 is 0 Å². The summed E-state index contributed by atoms with van der Waals surface area (Å²) in [7, 11) is 0. The van der Waals surface area contributed by atoms with Crippen LogP contribution in [0.25, 0.3) is 0 Å². The molecule has 2 atom stereocenters. The summed E-state index contributed by atoms with van der Waals surface area (Å²) >= 11 is 0. The third-order valence-electron chi connectivity index (χ3n) is 3.68. The average Bonchev–Trinajstić information content (AvgIpc) is 2.90. The lowest BCUT2D eigenvalue weighted by molar-refractivity contribution is 0.0466. The van der Waals surface area contributed by atoms with Gasteiger partial charge in [-0.05, 0) is 12.8 Å². The van der Waals surface area contributed by atoms with Crippen molar-refractivity contribution in [2.24, 2.45) is 11.1 Å². The summed E-state index contributed by atoms with van der Waals surface area (Å²) in [6.45, 7) is -0.511. The molecule has 0 aliphatic heterocycles. The highest BCUT2D eigenvalue weighted by Gasteiger charge is 2.46. The first kappa shape index (κ1) is 13.7. The summed E-state index contributed by atoms with van der Waals surface area (Å²) in [5.41, 5.74) is 9.87. The van der Waals surface area contributed by atoms with E-state index in [0.29, 0.717) is 0 Å². The van der Waals surface area contributed by atoms with Gasteiger partial charge < -0.3 is 26.8 Å². The Morgan fingerprint density at radius 3 is 2.47 bits per heavy atom. The van der Waals surface area contributed by atoms with E-state index in [2.05, 4.69) is 10.3 Å². The van der Waals surface area contributed by atoms with Crippen LogP contribution in [0.15, 0.2) is 0 Å². The first-order valence-corrected chi connectivity index (χ1v) is 5.84. The largest absolute Gasteiger partial charge is 0.396 e. The molecule has 7 N–H and O–H groups in total. The fourth-order valence-corrected chi connectivity index (χ4v) is 2.52. The Kier molecular flexibility index (Phi) is 3.43. The smallest absolute Gasteiger partial charge is 0.273 e. The fourth-order valence-electron chi connectivity index (χ4n) is 2.52. The van der Waals surface area contributed by atoms with E-state index in [1.54, 1.807) is 0 Å². The highest BCUT2D eigenvalue weighted by Crippen LogP contribution is 2.44. The SMILES string of the molecule is NC(=O)c1nnn([C@H]2CC(CO)(CO)C[C@@H]2O)c1N. The topological polar surface area (TPSA) is 161 Å². The summed E-state index contributed by atoms with van der Waals surface area (Å²) in [6, 6.07) is -0.556. The number of rotatable bonds is 4. The van der Waals surface area contributed by atoms with Gasteiger partial charge in [0.25, 0.3) is 5.91 Å². The van der Waals surface area contributed by atoms with Gasteiger partial charge in [-0.2, -0.15) is 0 Å². The van der Waals surface area contributed by atoms with Crippen molar-refractivity contribution in [3.8, 4) is 0 Å². The zero-order valence-electron chi connectivity index (χ0n) is 10.2. The van der Waals surface area contributed by atoms with E-state index >= 15 is 0 Å². The molecule has 0 saturated heterocycles. The second-order valence-corrected chi connectivity index (χ2v) is 4.99. The third kappa shape index (κ3) is 2.15. The molecule has 1 aromatic heterocycles. The zero-order valence-corrected chi connectivity index (χ0v) is 10.2. The number of carbonyl (C=O) groups is 1. The van der Waals surface area contributed by atoms with Gasteiger partial charge in [-0.15, -0.1) is 5.10 Å². The number of aliphatic hydroxyl groups is 3. The predicted octanol–water partition coefficient (Wildman–Crippen LogP) is -2.37. The molecule has 19 heavy (non-hydrogen) atoms. The van der Waals surface area contributed by atoms with Crippen LogP contribution in [0.1, 0.15) is 29.4 Å². The van der Waals surface area contributed by atoms with E-state index in [1.165, 1.54) is 4.68 Å². The molecule has 1 aliphatic carbocycles. The number of nitrogens with zero attached hydrogens (tertiary/aromatic N) is 3. The number of hydrogen-bond acceptors (Lipinski definition) is 7. The van der Waals surface area contributed by atoms with Gasteiger partial charge in [-0.3, -0.25) is 4.79 Å². The molecule has 9 nitrogen and oxygen atoms in total. The summed E-state index contributed by atoms with van der Waals surface area (Å²) in [5, 5.41) is 36.0. The Hall–Kier alpha value is -1.71. The number of aromatic nitrogens is 3. The number of amides is 1. The molecule has 1 heterocycles. The van der Waals surface area contributed by atoms with Crippen LogP contribution in [0.4, 0.5) is 5.82 Å². The van der Waals surface area contributed by atoms with Crippen molar-refractivity contribution in [3.63, 3.8) is 0 Å². The van der Waals surface area contributed by atoms with Crippen LogP contribution in [-0.2, 0) is 0 Å². The molecule has 1 amide bonds. The Morgan fingerprint density at radius 1 is 1.42 bits per heavy atom. The third-order valence-corrected chi connectivity index (χ3v) is 3.68. The van der Waals surface area contributed by atoms with Crippen LogP contribution in [0.2, 0.25) is 0 Å². The van der Waals surface area contributed by atoms with Gasteiger partial charge in [0.1, 0.15) is 0 Å². The average molecular weight is 271 g/mol. The molecule has 9 heteroatoms. The Morgan fingerprint density at radius 2 is 2.05 bits per heavy atom. The monoisotopic (exact) mass is 271 g/mol. The van der Waals surface area contributed by atoms with Crippen molar-refractivity contribution in [2.45, 2.75) is 25.0 Å². The molecule has 1 aliphatic rings. The Balaban J connectivity index is 2.31. The van der Waals surface area contributed by atoms with Gasteiger partial charge in [-0.25, -0.2) is 4.68 Å². The lowest BCUT2D eigenvalue weighted by atomic mass is 9.88. The number of nitrogen functional groups attached to an aromatic ring is 1. The number of primary amides is 1. The van der Waals surface area contributed by atoms with Crippen molar-refractivity contribution in [2.75, 3.05) is 18.9 Å². The normalized spacial score (nSPS) is 25.6. The van der Waals surface area contributed by atoms with Gasteiger partial charge in [0.2, 0.25) is 0 Å². The lowest BCUT2D eigenvalue weighted by Gasteiger charge is -2.23. The lowest BCUT2D eigenvalue weighted by Crippen LogP contribution is -2.27. The number of carbonyl (C=O) groups excluding carboxylic acids is 1. The van der Waals surface area contributed by atoms with E-state index in [4.69, 9.17) is 11.5 Å². The summed E-state index contributed by atoms with van der Waals surface area (Å²) in [5.74, 6) is -0.824. The molecule has 1 saturated carbocycles. The van der Waals surface area contributed by atoms with Gasteiger partial charge >= 0.3 is 0 Å². The summed E-state index contributed by atoms with van der Waals surface area (Å²) < 4.78 is 1.22. The molecular formula is C10H17N5O4. The maximum Gasteiger partial charge on any atom is 0.273 e. The zero-order chi connectivity index (χ0) is 14.2. The molecule has 0 unspecified atom stereocenters. The minimum atomic E-state index is -0.843. The first-order chi connectivity index (χ1) is 8.94. The highest BCUT2D eigenvalue weighted by atomic mass is 16.3. The quantitative estimate of drug-likeness (QED) is 0.408. The minimum absolute atomic E-state index is 0.0248. The van der Waals surface area contributed by atoms with Gasteiger partial charge in [0.05, 0.1) is 25.4 Å². The molecule has 106 valence electrons. The van der Waals surface area contributed by atoms with Gasteiger partial charge in [0, 0.05) is 5.41 Å². The number of anilines is 1. The van der Waals surface area contributed by atoms with E-state index in [0.717, 1.165) is 0 Å². The maximum absolute atomic E-state index is 11.1. The first-order valence-electron chi connectivity index (χ1n) is 5.84. The number of hydrogen-bond donors (Lipinski definition) is 5. The van der Waals surface area contributed by atoms with E-state index in [-0.39, 0.29) is 37.6 Å². The van der Waals surface area contributed by atoms with Crippen LogP contribution in [-0.4, -0.2) is 55.5 Å². The standard InChI is InChI=1S/C10H17N5O4/c11-8-7(9(12)19)13-14-15(8)5-1-10(3-16,4-17)2-6(5)18/h5-6,16-18H,1-4,11H2,(H2,12,19)/t5-,6-/m0/s1. The van der Waals surface area contributed by atoms with Crippen LogP contribution < -0.4 is 11.5 Å². The van der Waals surface area contributed by atoms with E-state index in [1.807, 2.05) is 0 Å². The molecule has 1 fully saturated rings. The van der Waals surface area contributed by atoms with Crippen LogP contribution in [0.3, 0.4) is 0 Å². The highest BCUT2D eigenvalue weighted by molar-refractivity contribution is 5.94. The number of nitrogens with two attached hydrogens (primary N) is 2. The molecular weight excluding hydrogens is 254 g/mol. The van der Waals surface area contributed by atoms with Crippen molar-refractivity contribution >= 4 is 11.7 Å². The molecule has 2 rings (SSSR count). The summed E-state index contributed by atoms with van der Waals surface area (Å²) in [6.07, 6.45) is -0.341. The summed E-state index contributed by atoms with van der Waals surface area (Å²) in [4.78, 5) is 11.1. The van der Waals surface area contributed by atoms with Gasteiger partial charge in [0.15, 0.2) is 11.5 Å². The second kappa shape index (κ2) is 4.76. The van der Waals surface area contributed by atoms with E-state index in [9.17, 15) is 20.1 Å². The van der Waals surface area contributed by atoms with Crippen molar-refractivity contribution in [3.05, 3.63) is 5.69 Å². The fraction of sp³-hybridized carbons (Fsp3) is 0.700. The van der Waals surface area contributed by atoms with Crippen molar-refractivity contribution < 1.29 is 20.1 Å². The maximum atomic E-state index is 11.1. The van der Waals surface area contributed by atoms with Crippen LogP contribution in [0.5, 0.6) is 0 Å². The molecule has 0 spiro atoms. The molecule has 0 aromatic carbocycles. The van der Waals surface area contributed by atoms with E-state index < -0.39 is 23.5 Å². The second-order valence-electron chi connectivity index (χ2n) is 4.99. The van der Waals surface area contributed by atoms with Gasteiger partial charge in [-0.1, -0.05) is 5.21 Å². The minimum Gasteiger partial charge on any atom is -0.396 e. The Bertz CT molecular complexity index is 484.